The molecular weight excluding hydrogens is 394 g/mol. The van der Waals surface area contributed by atoms with E-state index in [1.54, 1.807) is 29.6 Å². The molecule has 6 nitrogen and oxygen atoms in total. The summed E-state index contributed by atoms with van der Waals surface area (Å²) in [6, 6.07) is 12.6. The molecule has 1 N–H and O–H groups in total. The molecule has 0 aliphatic heterocycles. The zero-order valence-corrected chi connectivity index (χ0v) is 16.3. The van der Waals surface area contributed by atoms with Crippen molar-refractivity contribution in [2.45, 2.75) is 21.3 Å². The van der Waals surface area contributed by atoms with E-state index < -0.39 is 25.1 Å². The molecule has 0 bridgehead atoms. The van der Waals surface area contributed by atoms with Crippen LogP contribution in [0.2, 0.25) is 0 Å². The van der Waals surface area contributed by atoms with Gasteiger partial charge in [0.05, 0.1) is 11.2 Å². The highest BCUT2D eigenvalue weighted by Gasteiger charge is 2.33. The van der Waals surface area contributed by atoms with Crippen LogP contribution in [0.5, 0.6) is 0 Å². The van der Waals surface area contributed by atoms with Gasteiger partial charge in [-0.25, -0.2) is 21.6 Å². The molecule has 0 fully saturated rings. The van der Waals surface area contributed by atoms with Crippen molar-refractivity contribution >= 4 is 31.2 Å². The van der Waals surface area contributed by atoms with Crippen molar-refractivity contribution in [3.63, 3.8) is 0 Å². The lowest BCUT2D eigenvalue weighted by Crippen LogP contribution is -2.31. The Hall–Kier alpha value is -1.94. The molecular formula is C17H17NO5S3. The third-order valence-electron chi connectivity index (χ3n) is 3.80. The van der Waals surface area contributed by atoms with Gasteiger partial charge in [0.1, 0.15) is 15.2 Å². The van der Waals surface area contributed by atoms with Crippen LogP contribution in [-0.2, 0) is 19.9 Å². The normalized spacial score (nSPS) is 13.6. The van der Waals surface area contributed by atoms with Crippen LogP contribution < -0.4 is 4.72 Å². The predicted octanol–water partition coefficient (Wildman–Crippen LogP) is 3.14. The van der Waals surface area contributed by atoms with E-state index in [4.69, 9.17) is 4.42 Å². The van der Waals surface area contributed by atoms with Gasteiger partial charge in [0.2, 0.25) is 10.0 Å². The minimum atomic E-state index is -3.85. The highest BCUT2D eigenvalue weighted by molar-refractivity contribution is 7.92. The SMILES string of the molecule is Cc1ccc(S(=O)(=O)[C@H](CNS(=O)(=O)c2cccs2)c2ccco2)cc1. The zero-order valence-electron chi connectivity index (χ0n) is 13.8. The first kappa shape index (κ1) is 18.8. The number of hydrogen-bond donors (Lipinski definition) is 1. The second-order valence-electron chi connectivity index (χ2n) is 5.65. The fourth-order valence-corrected chi connectivity index (χ4v) is 6.18. The number of hydrogen-bond acceptors (Lipinski definition) is 6. The molecule has 3 aromatic rings. The summed E-state index contributed by atoms with van der Waals surface area (Å²) in [5.41, 5.74) is 0.928. The summed E-state index contributed by atoms with van der Waals surface area (Å²) in [6.45, 7) is 1.53. The number of sulfone groups is 1. The molecule has 0 saturated carbocycles. The summed E-state index contributed by atoms with van der Waals surface area (Å²) in [5, 5.41) is 0.469. The third kappa shape index (κ3) is 3.90. The minimum absolute atomic E-state index is 0.111. The third-order valence-corrected chi connectivity index (χ3v) is 8.70. The molecule has 138 valence electrons. The maximum atomic E-state index is 13.1. The van der Waals surface area contributed by atoms with Crippen LogP contribution in [0.1, 0.15) is 16.6 Å². The Morgan fingerprint density at radius 3 is 2.35 bits per heavy atom. The van der Waals surface area contributed by atoms with E-state index in [0.29, 0.717) is 0 Å². The molecule has 2 heterocycles. The summed E-state index contributed by atoms with van der Waals surface area (Å²) in [4.78, 5) is 0.111. The van der Waals surface area contributed by atoms with Gasteiger partial charge < -0.3 is 4.42 Å². The zero-order chi connectivity index (χ0) is 18.8. The van der Waals surface area contributed by atoms with Crippen molar-refractivity contribution in [2.24, 2.45) is 0 Å². The Bertz CT molecular complexity index is 1050. The monoisotopic (exact) mass is 411 g/mol. The van der Waals surface area contributed by atoms with Crippen molar-refractivity contribution in [1.29, 1.82) is 0 Å². The van der Waals surface area contributed by atoms with Gasteiger partial charge in [-0.05, 0) is 42.6 Å². The van der Waals surface area contributed by atoms with Crippen LogP contribution in [0, 0.1) is 6.92 Å². The first-order valence-electron chi connectivity index (χ1n) is 7.68. The van der Waals surface area contributed by atoms with Crippen molar-refractivity contribution in [1.82, 2.24) is 4.72 Å². The lowest BCUT2D eigenvalue weighted by atomic mass is 10.2. The van der Waals surface area contributed by atoms with Gasteiger partial charge in [-0.2, -0.15) is 0 Å². The molecule has 3 rings (SSSR count). The van der Waals surface area contributed by atoms with Crippen LogP contribution >= 0.6 is 11.3 Å². The van der Waals surface area contributed by atoms with Crippen LogP contribution in [0.3, 0.4) is 0 Å². The second kappa shape index (κ2) is 7.36. The number of nitrogens with one attached hydrogen (secondary N) is 1. The number of sulfonamides is 1. The van der Waals surface area contributed by atoms with Gasteiger partial charge in [0, 0.05) is 6.54 Å². The van der Waals surface area contributed by atoms with Crippen LogP contribution in [-0.4, -0.2) is 23.4 Å². The Morgan fingerprint density at radius 1 is 1.04 bits per heavy atom. The highest BCUT2D eigenvalue weighted by Crippen LogP contribution is 2.29. The van der Waals surface area contributed by atoms with Gasteiger partial charge in [-0.15, -0.1) is 11.3 Å². The van der Waals surface area contributed by atoms with E-state index in [9.17, 15) is 16.8 Å². The van der Waals surface area contributed by atoms with Gasteiger partial charge >= 0.3 is 0 Å². The lowest BCUT2D eigenvalue weighted by Gasteiger charge is -2.16. The molecule has 0 unspecified atom stereocenters. The van der Waals surface area contributed by atoms with Crippen molar-refractivity contribution in [3.8, 4) is 0 Å². The molecule has 1 atom stereocenters. The highest BCUT2D eigenvalue weighted by atomic mass is 32.2. The standard InChI is InChI=1S/C17H17NO5S3/c1-13-6-8-14(9-7-13)25(19,20)16(15-4-2-10-23-15)12-18-26(21,22)17-5-3-11-24-17/h2-11,16,18H,12H2,1H3/t16-/m1/s1. The smallest absolute Gasteiger partial charge is 0.250 e. The first-order valence-corrected chi connectivity index (χ1v) is 11.6. The maximum Gasteiger partial charge on any atom is 0.250 e. The molecule has 0 radical (unpaired) electrons. The van der Waals surface area contributed by atoms with Crippen LogP contribution in [0.4, 0.5) is 0 Å². The maximum absolute atomic E-state index is 13.1. The minimum Gasteiger partial charge on any atom is -0.468 e. The van der Waals surface area contributed by atoms with E-state index in [-0.39, 0.29) is 21.4 Å². The Labute approximate surface area is 156 Å². The van der Waals surface area contributed by atoms with Gasteiger partial charge in [-0.3, -0.25) is 0 Å². The van der Waals surface area contributed by atoms with Gasteiger partial charge in [0.15, 0.2) is 9.84 Å². The van der Waals surface area contributed by atoms with E-state index in [0.717, 1.165) is 16.9 Å². The topological polar surface area (TPSA) is 93.5 Å². The Kier molecular flexibility index (Phi) is 5.33. The number of furan rings is 1. The first-order chi connectivity index (χ1) is 12.3. The molecule has 0 spiro atoms. The Morgan fingerprint density at radius 2 is 1.77 bits per heavy atom. The van der Waals surface area contributed by atoms with Gasteiger partial charge in [-0.1, -0.05) is 23.8 Å². The fraction of sp³-hybridized carbons (Fsp3) is 0.176. The van der Waals surface area contributed by atoms with E-state index in [1.807, 2.05) is 6.92 Å². The van der Waals surface area contributed by atoms with Gasteiger partial charge in [0.25, 0.3) is 0 Å². The molecule has 26 heavy (non-hydrogen) atoms. The van der Waals surface area contributed by atoms with E-state index >= 15 is 0 Å². The number of benzene rings is 1. The number of aryl methyl sites for hydroxylation is 1. The average molecular weight is 412 g/mol. The van der Waals surface area contributed by atoms with Crippen LogP contribution in [0.15, 0.2) is 73.7 Å². The summed E-state index contributed by atoms with van der Waals surface area (Å²) in [6.07, 6.45) is 1.36. The molecule has 0 saturated heterocycles. The fourth-order valence-electron chi connectivity index (χ4n) is 2.40. The van der Waals surface area contributed by atoms with Crippen LogP contribution in [0.25, 0.3) is 0 Å². The number of rotatable bonds is 7. The van der Waals surface area contributed by atoms with E-state index in [1.165, 1.54) is 30.5 Å². The molecule has 0 amide bonds. The molecule has 2 aromatic heterocycles. The summed E-state index contributed by atoms with van der Waals surface area (Å²) in [5.74, 6) is 0.180. The molecule has 0 aliphatic carbocycles. The largest absolute Gasteiger partial charge is 0.468 e. The van der Waals surface area contributed by atoms with Crippen molar-refractivity contribution in [2.75, 3.05) is 6.54 Å². The molecule has 1 aromatic carbocycles. The lowest BCUT2D eigenvalue weighted by molar-refractivity contribution is 0.486. The van der Waals surface area contributed by atoms with Crippen molar-refractivity contribution < 1.29 is 21.3 Å². The number of thiophene rings is 1. The quantitative estimate of drug-likeness (QED) is 0.645. The Balaban J connectivity index is 1.93. The predicted molar refractivity (Wildman–Crippen MR) is 99.3 cm³/mol. The molecule has 9 heteroatoms. The summed E-state index contributed by atoms with van der Waals surface area (Å²) in [7, 11) is -7.64. The summed E-state index contributed by atoms with van der Waals surface area (Å²) >= 11 is 1.06. The second-order valence-corrected chi connectivity index (χ2v) is 10.7. The van der Waals surface area contributed by atoms with Crippen molar-refractivity contribution in [3.05, 3.63) is 71.5 Å². The molecule has 0 aliphatic rings. The summed E-state index contributed by atoms with van der Waals surface area (Å²) < 4.78 is 58.6. The average Bonchev–Trinajstić information content (AvgIpc) is 3.29. The van der Waals surface area contributed by atoms with E-state index in [2.05, 4.69) is 4.72 Å².